The van der Waals surface area contributed by atoms with E-state index >= 15 is 0 Å². The Morgan fingerprint density at radius 1 is 1.08 bits per heavy atom. The number of hydrogen-bond donors (Lipinski definition) is 0. The molecule has 0 aromatic carbocycles. The second kappa shape index (κ2) is 5.34. The van der Waals surface area contributed by atoms with Crippen molar-refractivity contribution in [3.05, 3.63) is 42.4 Å². The van der Waals surface area contributed by atoms with Crippen molar-refractivity contribution in [1.82, 2.24) is 24.9 Å². The molecular weight excluding hydrogens is 314 g/mol. The Hall–Kier alpha value is -2.83. The monoisotopic (exact) mass is 333 g/mol. The normalized spacial score (nSPS) is 22.2. The molecule has 7 heteroatoms. The molecular formula is C18H19N7. The molecule has 0 N–H and O–H groups in total. The summed E-state index contributed by atoms with van der Waals surface area (Å²) < 4.78 is 0. The predicted octanol–water partition coefficient (Wildman–Crippen LogP) is 1.90. The largest absolute Gasteiger partial charge is 0.352 e. The number of anilines is 2. The topological polar surface area (TPSA) is 70.9 Å². The minimum Gasteiger partial charge on any atom is -0.352 e. The maximum atomic E-state index is 4.62. The quantitative estimate of drug-likeness (QED) is 0.709. The lowest BCUT2D eigenvalue weighted by Gasteiger charge is -2.57. The highest BCUT2D eigenvalue weighted by Crippen LogP contribution is 2.39. The van der Waals surface area contributed by atoms with Gasteiger partial charge in [-0.25, -0.2) is 19.9 Å². The number of pyridine rings is 1. The molecule has 0 radical (unpaired) electrons. The molecule has 3 aromatic heterocycles. The van der Waals surface area contributed by atoms with Crippen LogP contribution in [-0.4, -0.2) is 50.1 Å². The summed E-state index contributed by atoms with van der Waals surface area (Å²) in [5.74, 6) is 2.90. The van der Waals surface area contributed by atoms with Gasteiger partial charge in [-0.05, 0) is 26.3 Å². The lowest BCUT2D eigenvalue weighted by atomic mass is 9.87. The third-order valence-electron chi connectivity index (χ3n) is 5.13. The van der Waals surface area contributed by atoms with Crippen molar-refractivity contribution < 1.29 is 0 Å². The third kappa shape index (κ3) is 2.30. The maximum absolute atomic E-state index is 4.62. The first-order valence-electron chi connectivity index (χ1n) is 8.59. The Balaban J connectivity index is 1.45. The average molecular weight is 333 g/mol. The Morgan fingerprint density at radius 2 is 1.92 bits per heavy atom. The van der Waals surface area contributed by atoms with Crippen LogP contribution < -0.4 is 9.80 Å². The van der Waals surface area contributed by atoms with Crippen LogP contribution in [0.3, 0.4) is 0 Å². The molecule has 2 bridgehead atoms. The molecule has 0 aliphatic carbocycles. The second-order valence-electron chi connectivity index (χ2n) is 6.86. The molecule has 3 aliphatic rings. The summed E-state index contributed by atoms with van der Waals surface area (Å²) in [7, 11) is 0. The van der Waals surface area contributed by atoms with Crippen molar-refractivity contribution in [2.75, 3.05) is 22.9 Å². The number of piperidine rings is 1. The van der Waals surface area contributed by atoms with Crippen LogP contribution in [-0.2, 0) is 0 Å². The van der Waals surface area contributed by atoms with Gasteiger partial charge >= 0.3 is 0 Å². The van der Waals surface area contributed by atoms with Crippen molar-refractivity contribution in [1.29, 1.82) is 0 Å². The molecule has 6 rings (SSSR count). The van der Waals surface area contributed by atoms with Crippen molar-refractivity contribution in [2.24, 2.45) is 0 Å². The fraction of sp³-hybridized carbons (Fsp3) is 0.389. The van der Waals surface area contributed by atoms with Crippen LogP contribution in [0, 0.1) is 13.8 Å². The van der Waals surface area contributed by atoms with E-state index in [0.29, 0.717) is 12.1 Å². The van der Waals surface area contributed by atoms with E-state index in [1.54, 1.807) is 12.5 Å². The van der Waals surface area contributed by atoms with Gasteiger partial charge in [0.05, 0.1) is 23.8 Å². The average Bonchev–Trinajstić information content (AvgIpc) is 2.61. The highest BCUT2D eigenvalue weighted by Gasteiger charge is 2.46. The van der Waals surface area contributed by atoms with Gasteiger partial charge in [-0.15, -0.1) is 0 Å². The highest BCUT2D eigenvalue weighted by molar-refractivity contribution is 5.89. The summed E-state index contributed by atoms with van der Waals surface area (Å²) in [6.45, 7) is 5.90. The van der Waals surface area contributed by atoms with E-state index in [2.05, 4.69) is 40.8 Å². The number of fused-ring (bicyclic) bond motifs is 3. The first-order chi connectivity index (χ1) is 12.2. The van der Waals surface area contributed by atoms with E-state index in [4.69, 9.17) is 0 Å². The molecule has 2 unspecified atom stereocenters. The van der Waals surface area contributed by atoms with E-state index in [1.807, 2.05) is 26.1 Å². The van der Waals surface area contributed by atoms with E-state index in [9.17, 15) is 0 Å². The summed E-state index contributed by atoms with van der Waals surface area (Å²) >= 11 is 0. The molecule has 0 spiro atoms. The summed E-state index contributed by atoms with van der Waals surface area (Å²) in [4.78, 5) is 26.9. The van der Waals surface area contributed by atoms with Crippen LogP contribution in [0.4, 0.5) is 11.6 Å². The molecule has 2 atom stereocenters. The fourth-order valence-corrected chi connectivity index (χ4v) is 4.10. The molecule has 3 fully saturated rings. The van der Waals surface area contributed by atoms with Crippen LogP contribution in [0.15, 0.2) is 30.9 Å². The van der Waals surface area contributed by atoms with Gasteiger partial charge < -0.3 is 9.80 Å². The van der Waals surface area contributed by atoms with Crippen molar-refractivity contribution in [2.45, 2.75) is 32.4 Å². The van der Waals surface area contributed by atoms with Crippen LogP contribution in [0.2, 0.25) is 0 Å². The van der Waals surface area contributed by atoms with Gasteiger partial charge in [0.1, 0.15) is 23.8 Å². The van der Waals surface area contributed by atoms with Crippen LogP contribution >= 0.6 is 0 Å². The molecule has 3 saturated heterocycles. The summed E-state index contributed by atoms with van der Waals surface area (Å²) in [6, 6.07) is 5.00. The summed E-state index contributed by atoms with van der Waals surface area (Å²) in [5.41, 5.74) is 1.92. The highest BCUT2D eigenvalue weighted by atomic mass is 15.4. The van der Waals surface area contributed by atoms with E-state index in [-0.39, 0.29) is 0 Å². The van der Waals surface area contributed by atoms with Gasteiger partial charge in [-0.1, -0.05) is 0 Å². The summed E-state index contributed by atoms with van der Waals surface area (Å²) in [5, 5.41) is 1.08. The van der Waals surface area contributed by atoms with Gasteiger partial charge in [-0.2, -0.15) is 0 Å². The van der Waals surface area contributed by atoms with Crippen molar-refractivity contribution >= 4 is 22.5 Å². The van der Waals surface area contributed by atoms with E-state index < -0.39 is 0 Å². The molecule has 25 heavy (non-hydrogen) atoms. The second-order valence-corrected chi connectivity index (χ2v) is 6.86. The van der Waals surface area contributed by atoms with Gasteiger partial charge in [0, 0.05) is 36.4 Å². The molecule has 3 aromatic rings. The Bertz CT molecular complexity index is 920. The lowest BCUT2D eigenvalue weighted by Crippen LogP contribution is -2.69. The zero-order valence-electron chi connectivity index (χ0n) is 14.3. The van der Waals surface area contributed by atoms with Crippen LogP contribution in [0.5, 0.6) is 0 Å². The SMILES string of the molecule is Cc1cc(N2CC3CC(C2)N3c2ncnc3cnccc23)nc(C)n1. The number of aromatic nitrogens is 5. The Kier molecular flexibility index (Phi) is 3.10. The Morgan fingerprint density at radius 3 is 2.72 bits per heavy atom. The van der Waals surface area contributed by atoms with Crippen molar-refractivity contribution in [3.8, 4) is 0 Å². The van der Waals surface area contributed by atoms with Gasteiger partial charge in [0.25, 0.3) is 0 Å². The molecule has 0 amide bonds. The zero-order valence-corrected chi connectivity index (χ0v) is 14.3. The number of piperazine rings is 1. The van der Waals surface area contributed by atoms with E-state index in [0.717, 1.165) is 47.1 Å². The first kappa shape index (κ1) is 14.5. The predicted molar refractivity (Wildman–Crippen MR) is 95.7 cm³/mol. The maximum Gasteiger partial charge on any atom is 0.140 e. The minimum absolute atomic E-state index is 0.459. The molecule has 126 valence electrons. The van der Waals surface area contributed by atoms with Crippen molar-refractivity contribution in [3.63, 3.8) is 0 Å². The lowest BCUT2D eigenvalue weighted by molar-refractivity contribution is 0.288. The van der Waals surface area contributed by atoms with Crippen LogP contribution in [0.1, 0.15) is 17.9 Å². The zero-order chi connectivity index (χ0) is 17.0. The summed E-state index contributed by atoms with van der Waals surface area (Å²) in [6.07, 6.45) is 6.46. The molecule has 0 saturated carbocycles. The number of aryl methyl sites for hydroxylation is 2. The van der Waals surface area contributed by atoms with Gasteiger partial charge in [-0.3, -0.25) is 4.98 Å². The minimum atomic E-state index is 0.459. The van der Waals surface area contributed by atoms with Gasteiger partial charge in [0.15, 0.2) is 0 Å². The molecule has 7 nitrogen and oxygen atoms in total. The number of nitrogens with zero attached hydrogens (tertiary/aromatic N) is 7. The van der Waals surface area contributed by atoms with E-state index in [1.165, 1.54) is 6.42 Å². The number of rotatable bonds is 2. The van der Waals surface area contributed by atoms with Gasteiger partial charge in [0.2, 0.25) is 0 Å². The van der Waals surface area contributed by atoms with Crippen LogP contribution in [0.25, 0.3) is 10.9 Å². The Labute approximate surface area is 145 Å². The molecule has 3 aliphatic heterocycles. The standard InChI is InChI=1S/C18H19N7/c1-11-5-17(23-12(2)22-11)24-8-13-6-14(9-24)25(13)18-15-3-4-19-7-16(15)20-10-21-18/h3-5,7,10,13-14H,6,8-9H2,1-2H3. The molecule has 6 heterocycles. The third-order valence-corrected chi connectivity index (χ3v) is 5.13. The first-order valence-corrected chi connectivity index (χ1v) is 8.59. The number of hydrogen-bond acceptors (Lipinski definition) is 7. The smallest absolute Gasteiger partial charge is 0.140 e. The fourth-order valence-electron chi connectivity index (χ4n) is 4.10.